The van der Waals surface area contributed by atoms with Crippen LogP contribution >= 0.6 is 0 Å². The predicted molar refractivity (Wildman–Crippen MR) is 127 cm³/mol. The van der Waals surface area contributed by atoms with Gasteiger partial charge in [0.15, 0.2) is 5.82 Å². The fourth-order valence-electron chi connectivity index (χ4n) is 4.00. The van der Waals surface area contributed by atoms with Crippen LogP contribution in [0.5, 0.6) is 0 Å². The Hall–Kier alpha value is -4.40. The number of nitrogens with one attached hydrogen (secondary N) is 1. The molecule has 0 fully saturated rings. The van der Waals surface area contributed by atoms with E-state index in [-0.39, 0.29) is 11.7 Å². The Labute approximate surface area is 217 Å². The molecule has 0 radical (unpaired) electrons. The molecule has 2 aromatic heterocycles. The Balaban J connectivity index is 0.000000448. The molecule has 0 unspecified atom stereocenters. The van der Waals surface area contributed by atoms with Crippen LogP contribution in [0.15, 0.2) is 48.8 Å². The quantitative estimate of drug-likeness (QED) is 0.323. The van der Waals surface area contributed by atoms with Crippen molar-refractivity contribution in [2.45, 2.75) is 44.5 Å². The standard InChI is InChI=1S/C22H21F2N7O.C2HF3O2/c1-13-25-12-26-31(13)20-7-6-16(10-19(20)24)27-22-28-21-18(14-2-4-15(23)5-3-14)11-17(32)8-9-30(21)29-22;3-2(4,5)1(6)7/h2-7,10,12,17-18,32H,8-9,11H2,1H3,(H,27,29);(H,6,7)/t17-,18-;/m1./s1. The van der Waals surface area contributed by atoms with Crippen molar-refractivity contribution in [1.82, 2.24) is 29.5 Å². The number of carbonyl (C=O) groups is 1. The molecule has 1 aliphatic heterocycles. The van der Waals surface area contributed by atoms with Gasteiger partial charge in [0, 0.05) is 18.2 Å². The van der Waals surface area contributed by atoms with E-state index in [1.165, 1.54) is 29.2 Å². The molecule has 3 N–H and O–H groups in total. The molecule has 0 saturated carbocycles. The van der Waals surface area contributed by atoms with E-state index in [0.717, 1.165) is 5.56 Å². The number of aromatic nitrogens is 6. The summed E-state index contributed by atoms with van der Waals surface area (Å²) in [4.78, 5) is 17.5. The highest BCUT2D eigenvalue weighted by molar-refractivity contribution is 5.73. The molecular weight excluding hydrogens is 529 g/mol. The lowest BCUT2D eigenvalue weighted by Crippen LogP contribution is -2.21. The van der Waals surface area contributed by atoms with Crippen molar-refractivity contribution >= 4 is 17.6 Å². The average Bonchev–Trinajstić information content (AvgIpc) is 3.43. The van der Waals surface area contributed by atoms with Crippen LogP contribution in [0.4, 0.5) is 33.6 Å². The summed E-state index contributed by atoms with van der Waals surface area (Å²) in [5, 5.41) is 29.0. The third-order valence-electron chi connectivity index (χ3n) is 5.86. The third-order valence-corrected chi connectivity index (χ3v) is 5.86. The molecule has 0 aliphatic carbocycles. The zero-order chi connectivity index (χ0) is 28.3. The zero-order valence-electron chi connectivity index (χ0n) is 20.3. The molecule has 39 heavy (non-hydrogen) atoms. The minimum atomic E-state index is -5.08. The van der Waals surface area contributed by atoms with Crippen LogP contribution < -0.4 is 5.32 Å². The van der Waals surface area contributed by atoms with E-state index < -0.39 is 24.1 Å². The van der Waals surface area contributed by atoms with Gasteiger partial charge in [-0.2, -0.15) is 23.3 Å². The lowest BCUT2D eigenvalue weighted by Gasteiger charge is -2.16. The number of aliphatic hydroxyl groups is 1. The van der Waals surface area contributed by atoms with E-state index >= 15 is 0 Å². The summed E-state index contributed by atoms with van der Waals surface area (Å²) in [5.41, 5.74) is 1.64. The maximum atomic E-state index is 14.7. The molecule has 1 aliphatic rings. The zero-order valence-corrected chi connectivity index (χ0v) is 20.3. The number of aliphatic carboxylic acids is 1. The highest BCUT2D eigenvalue weighted by Crippen LogP contribution is 2.33. The number of nitrogens with zero attached hydrogens (tertiary/aromatic N) is 6. The minimum absolute atomic E-state index is 0.231. The fraction of sp³-hybridized carbons (Fsp3) is 0.292. The summed E-state index contributed by atoms with van der Waals surface area (Å²) in [6.07, 6.45) is -3.22. The first-order valence-electron chi connectivity index (χ1n) is 11.5. The van der Waals surface area contributed by atoms with E-state index in [4.69, 9.17) is 9.90 Å². The number of halogens is 5. The highest BCUT2D eigenvalue weighted by atomic mass is 19.4. The van der Waals surface area contributed by atoms with Gasteiger partial charge in [-0.25, -0.2) is 27.9 Å². The van der Waals surface area contributed by atoms with Gasteiger partial charge in [0.05, 0.1) is 6.10 Å². The second kappa shape index (κ2) is 11.1. The molecule has 10 nitrogen and oxygen atoms in total. The van der Waals surface area contributed by atoms with Crippen molar-refractivity contribution in [2.75, 3.05) is 5.32 Å². The lowest BCUT2D eigenvalue weighted by molar-refractivity contribution is -0.192. The number of alkyl halides is 3. The van der Waals surface area contributed by atoms with E-state index in [2.05, 4.69) is 25.5 Å². The highest BCUT2D eigenvalue weighted by Gasteiger charge is 2.38. The maximum Gasteiger partial charge on any atom is 0.490 e. The van der Waals surface area contributed by atoms with Crippen LogP contribution in [0.2, 0.25) is 0 Å². The number of benzene rings is 2. The first kappa shape index (κ1) is 27.6. The summed E-state index contributed by atoms with van der Waals surface area (Å²) < 4.78 is 63.0. The molecule has 5 rings (SSSR count). The number of aliphatic hydroxyl groups excluding tert-OH is 1. The van der Waals surface area contributed by atoms with Crippen molar-refractivity contribution in [2.24, 2.45) is 0 Å². The summed E-state index contributed by atoms with van der Waals surface area (Å²) in [5.74, 6) is -2.19. The van der Waals surface area contributed by atoms with Gasteiger partial charge in [-0.3, -0.25) is 0 Å². The van der Waals surface area contributed by atoms with Gasteiger partial charge >= 0.3 is 12.1 Å². The summed E-state index contributed by atoms with van der Waals surface area (Å²) in [7, 11) is 0. The number of aryl methyl sites for hydroxylation is 2. The van der Waals surface area contributed by atoms with Gasteiger partial charge in [-0.05, 0) is 55.7 Å². The van der Waals surface area contributed by atoms with Crippen molar-refractivity contribution in [3.05, 3.63) is 77.6 Å². The number of carboxylic acid groups (broad SMARTS) is 1. The molecular formula is C24H22F5N7O3. The monoisotopic (exact) mass is 551 g/mol. The van der Waals surface area contributed by atoms with Crippen LogP contribution in [-0.2, 0) is 11.3 Å². The lowest BCUT2D eigenvalue weighted by atomic mass is 9.92. The van der Waals surface area contributed by atoms with Crippen molar-refractivity contribution in [1.29, 1.82) is 0 Å². The fourth-order valence-corrected chi connectivity index (χ4v) is 4.00. The van der Waals surface area contributed by atoms with Crippen molar-refractivity contribution in [3.63, 3.8) is 0 Å². The number of rotatable bonds is 4. The smallest absolute Gasteiger partial charge is 0.475 e. The first-order chi connectivity index (χ1) is 18.4. The van der Waals surface area contributed by atoms with Gasteiger partial charge in [0.2, 0.25) is 5.95 Å². The van der Waals surface area contributed by atoms with Crippen LogP contribution in [0.1, 0.15) is 36.0 Å². The van der Waals surface area contributed by atoms with Crippen LogP contribution in [-0.4, -0.2) is 58.0 Å². The van der Waals surface area contributed by atoms with Crippen LogP contribution in [0.3, 0.4) is 0 Å². The first-order valence-corrected chi connectivity index (χ1v) is 11.5. The van der Waals surface area contributed by atoms with E-state index in [0.29, 0.717) is 48.4 Å². The minimum Gasteiger partial charge on any atom is -0.475 e. The molecule has 15 heteroatoms. The van der Waals surface area contributed by atoms with Crippen LogP contribution in [0.25, 0.3) is 5.69 Å². The van der Waals surface area contributed by atoms with Crippen molar-refractivity contribution < 1.29 is 37.0 Å². The molecule has 0 saturated heterocycles. The second-order valence-corrected chi connectivity index (χ2v) is 8.61. The van der Waals surface area contributed by atoms with E-state index in [9.17, 15) is 27.1 Å². The molecule has 2 aromatic carbocycles. The molecule has 2 atom stereocenters. The summed E-state index contributed by atoms with van der Waals surface area (Å²) >= 11 is 0. The Morgan fingerprint density at radius 2 is 1.82 bits per heavy atom. The van der Waals surface area contributed by atoms with Crippen molar-refractivity contribution in [3.8, 4) is 5.69 Å². The van der Waals surface area contributed by atoms with Crippen LogP contribution in [0, 0.1) is 18.6 Å². The predicted octanol–water partition coefficient (Wildman–Crippen LogP) is 4.11. The molecule has 3 heterocycles. The second-order valence-electron chi connectivity index (χ2n) is 8.61. The van der Waals surface area contributed by atoms with Gasteiger partial charge in [0.25, 0.3) is 0 Å². The molecule has 0 amide bonds. The number of hydrogen-bond donors (Lipinski definition) is 3. The molecule has 0 spiro atoms. The average molecular weight is 551 g/mol. The molecule has 4 aromatic rings. The number of hydrogen-bond acceptors (Lipinski definition) is 7. The van der Waals surface area contributed by atoms with Gasteiger partial charge in [0.1, 0.15) is 29.5 Å². The van der Waals surface area contributed by atoms with Gasteiger partial charge in [-0.15, -0.1) is 5.10 Å². The number of fused-ring (bicyclic) bond motifs is 1. The van der Waals surface area contributed by atoms with Gasteiger partial charge < -0.3 is 15.5 Å². The summed E-state index contributed by atoms with van der Waals surface area (Å²) in [6, 6.07) is 10.9. The molecule has 206 valence electrons. The SMILES string of the molecule is Cc1ncnn1-c1ccc(Nc2nc3n(n2)CC[C@@H](O)C[C@@H]3c2ccc(F)cc2)cc1F.O=C(O)C(F)(F)F. The Morgan fingerprint density at radius 1 is 1.13 bits per heavy atom. The topological polar surface area (TPSA) is 131 Å². The maximum absolute atomic E-state index is 14.7. The molecule has 0 bridgehead atoms. The third kappa shape index (κ3) is 6.54. The number of anilines is 2. The van der Waals surface area contributed by atoms with Gasteiger partial charge in [-0.1, -0.05) is 12.1 Å². The Morgan fingerprint density at radius 3 is 2.41 bits per heavy atom. The van der Waals surface area contributed by atoms with E-state index in [1.54, 1.807) is 35.9 Å². The number of carboxylic acids is 1. The Bertz CT molecular complexity index is 1450. The normalized spacial score (nSPS) is 17.0. The van der Waals surface area contributed by atoms with E-state index in [1.807, 2.05) is 0 Å². The largest absolute Gasteiger partial charge is 0.490 e. The summed E-state index contributed by atoms with van der Waals surface area (Å²) in [6.45, 7) is 2.25. The Kier molecular flexibility index (Phi) is 7.90.